The summed E-state index contributed by atoms with van der Waals surface area (Å²) in [5.41, 5.74) is 1.62. The summed E-state index contributed by atoms with van der Waals surface area (Å²) in [6.45, 7) is 0.550. The Labute approximate surface area is 226 Å². The first-order valence-corrected chi connectivity index (χ1v) is 13.7. The predicted octanol–water partition coefficient (Wildman–Crippen LogP) is 8.03. The van der Waals surface area contributed by atoms with Crippen molar-refractivity contribution in [1.29, 1.82) is 0 Å². The van der Waals surface area contributed by atoms with Gasteiger partial charge in [-0.2, -0.15) is 0 Å². The van der Waals surface area contributed by atoms with Gasteiger partial charge in [0.2, 0.25) is 5.91 Å². The van der Waals surface area contributed by atoms with Gasteiger partial charge < -0.3 is 5.32 Å². The molecule has 2 aromatic carbocycles. The molecule has 0 radical (unpaired) electrons. The topological polar surface area (TPSA) is 49.4 Å². The standard InChI is InChI=1S/C22H18Br3ClN2O2S2/c23-14-11-16(24)20(17(25)12-14)27-19(29)4-2-1-3-9-28-21(30)18(32-22(28)31)10-13-5-7-15(26)8-6-13/h5-8,10-12H,1-4,9H2,(H,27,29)/b18-10-. The number of amides is 2. The number of benzene rings is 2. The summed E-state index contributed by atoms with van der Waals surface area (Å²) >= 11 is 22.9. The molecule has 1 aliphatic rings. The van der Waals surface area contributed by atoms with Crippen LogP contribution in [0.3, 0.4) is 0 Å². The molecule has 168 valence electrons. The third-order valence-corrected chi connectivity index (χ3v) is 7.94. The van der Waals surface area contributed by atoms with Gasteiger partial charge in [0.25, 0.3) is 5.91 Å². The van der Waals surface area contributed by atoms with Crippen molar-refractivity contribution in [2.24, 2.45) is 0 Å². The van der Waals surface area contributed by atoms with Gasteiger partial charge in [-0.3, -0.25) is 14.5 Å². The molecule has 1 aliphatic heterocycles. The SMILES string of the molecule is O=C(CCCCCN1C(=O)/C(=C/c2ccc(Cl)cc2)SC1=S)Nc1c(Br)cc(Br)cc1Br. The molecular weight excluding hydrogens is 664 g/mol. The van der Waals surface area contributed by atoms with Crippen LogP contribution in [0, 0.1) is 0 Å². The fraction of sp³-hybridized carbons (Fsp3) is 0.227. The maximum Gasteiger partial charge on any atom is 0.266 e. The first-order chi connectivity index (χ1) is 15.2. The van der Waals surface area contributed by atoms with Crippen molar-refractivity contribution in [1.82, 2.24) is 4.90 Å². The molecule has 1 heterocycles. The van der Waals surface area contributed by atoms with Crippen LogP contribution < -0.4 is 5.32 Å². The summed E-state index contributed by atoms with van der Waals surface area (Å²) < 4.78 is 3.08. The number of carbonyl (C=O) groups excluding carboxylic acids is 2. The van der Waals surface area contributed by atoms with Gasteiger partial charge in [-0.1, -0.05) is 70.1 Å². The minimum atomic E-state index is -0.0716. The molecule has 0 atom stereocenters. The molecule has 4 nitrogen and oxygen atoms in total. The summed E-state index contributed by atoms with van der Waals surface area (Å²) in [7, 11) is 0. The van der Waals surface area contributed by atoms with Crippen molar-refractivity contribution in [3.63, 3.8) is 0 Å². The molecule has 1 fully saturated rings. The van der Waals surface area contributed by atoms with E-state index in [-0.39, 0.29) is 11.8 Å². The number of hydrogen-bond donors (Lipinski definition) is 1. The highest BCUT2D eigenvalue weighted by atomic mass is 79.9. The highest BCUT2D eigenvalue weighted by Gasteiger charge is 2.31. The lowest BCUT2D eigenvalue weighted by Gasteiger charge is -2.14. The van der Waals surface area contributed by atoms with Gasteiger partial charge in [0.05, 0.1) is 10.6 Å². The molecule has 0 aromatic heterocycles. The average Bonchev–Trinajstić information content (AvgIpc) is 2.99. The van der Waals surface area contributed by atoms with E-state index in [1.807, 2.05) is 30.3 Å². The molecule has 1 saturated heterocycles. The van der Waals surface area contributed by atoms with Crippen molar-refractivity contribution in [3.05, 3.63) is 65.3 Å². The van der Waals surface area contributed by atoms with Crippen molar-refractivity contribution in [3.8, 4) is 0 Å². The van der Waals surface area contributed by atoms with E-state index in [1.54, 1.807) is 17.0 Å². The number of thioether (sulfide) groups is 1. The third-order valence-electron chi connectivity index (χ3n) is 4.60. The van der Waals surface area contributed by atoms with Crippen LogP contribution in [-0.2, 0) is 9.59 Å². The molecule has 2 amide bonds. The van der Waals surface area contributed by atoms with Crippen LogP contribution in [0.1, 0.15) is 31.2 Å². The second-order valence-corrected chi connectivity index (χ2v) is 11.7. The maximum absolute atomic E-state index is 12.7. The molecule has 2 aromatic rings. The zero-order valence-corrected chi connectivity index (χ0v) is 23.8. The highest BCUT2D eigenvalue weighted by molar-refractivity contribution is 9.11. The molecule has 0 saturated carbocycles. The Kier molecular flexibility index (Phi) is 9.82. The lowest BCUT2D eigenvalue weighted by Crippen LogP contribution is -2.29. The predicted molar refractivity (Wildman–Crippen MR) is 148 cm³/mol. The van der Waals surface area contributed by atoms with Gasteiger partial charge in [0, 0.05) is 31.4 Å². The second-order valence-electron chi connectivity index (χ2n) is 6.99. The summed E-state index contributed by atoms with van der Waals surface area (Å²) in [5.74, 6) is -0.122. The van der Waals surface area contributed by atoms with E-state index in [0.29, 0.717) is 32.9 Å². The molecule has 10 heteroatoms. The summed E-state index contributed by atoms with van der Waals surface area (Å²) in [4.78, 5) is 27.2. The zero-order chi connectivity index (χ0) is 23.3. The Hall–Kier alpha value is -0.710. The van der Waals surface area contributed by atoms with Crippen molar-refractivity contribution in [2.75, 3.05) is 11.9 Å². The van der Waals surface area contributed by atoms with Crippen molar-refractivity contribution < 1.29 is 9.59 Å². The number of nitrogens with one attached hydrogen (secondary N) is 1. The smallest absolute Gasteiger partial charge is 0.266 e. The van der Waals surface area contributed by atoms with Crippen LogP contribution in [0.2, 0.25) is 5.02 Å². The average molecular weight is 682 g/mol. The van der Waals surface area contributed by atoms with Gasteiger partial charge in [-0.15, -0.1) is 0 Å². The number of nitrogens with zero attached hydrogens (tertiary/aromatic N) is 1. The molecule has 1 N–H and O–H groups in total. The first kappa shape index (κ1) is 25.9. The second kappa shape index (κ2) is 12.1. The monoisotopic (exact) mass is 678 g/mol. The van der Waals surface area contributed by atoms with Crippen LogP contribution in [-0.4, -0.2) is 27.6 Å². The number of halogens is 4. The van der Waals surface area contributed by atoms with E-state index < -0.39 is 0 Å². The van der Waals surface area contributed by atoms with E-state index in [4.69, 9.17) is 23.8 Å². The van der Waals surface area contributed by atoms with E-state index in [9.17, 15) is 9.59 Å². The quantitative estimate of drug-likeness (QED) is 0.174. The van der Waals surface area contributed by atoms with E-state index in [0.717, 1.165) is 38.2 Å². The number of hydrogen-bond acceptors (Lipinski definition) is 4. The molecule has 0 aliphatic carbocycles. The summed E-state index contributed by atoms with van der Waals surface area (Å²) in [6, 6.07) is 11.1. The minimum Gasteiger partial charge on any atom is -0.324 e. The molecule has 0 spiro atoms. The molecular formula is C22H18Br3ClN2O2S2. The third kappa shape index (κ3) is 7.14. The van der Waals surface area contributed by atoms with E-state index in [2.05, 4.69) is 53.1 Å². The molecule has 0 unspecified atom stereocenters. The van der Waals surface area contributed by atoms with Gasteiger partial charge in [0.1, 0.15) is 4.32 Å². The van der Waals surface area contributed by atoms with Crippen LogP contribution in [0.15, 0.2) is 54.7 Å². The Morgan fingerprint density at radius 2 is 1.75 bits per heavy atom. The number of carbonyl (C=O) groups is 2. The fourth-order valence-electron chi connectivity index (χ4n) is 3.00. The van der Waals surface area contributed by atoms with Gasteiger partial charge in [-0.05, 0) is 80.6 Å². The largest absolute Gasteiger partial charge is 0.324 e. The lowest BCUT2D eigenvalue weighted by atomic mass is 10.1. The zero-order valence-electron chi connectivity index (χ0n) is 16.7. The number of thiocarbonyl (C=S) groups is 1. The molecule has 0 bridgehead atoms. The van der Waals surface area contributed by atoms with Gasteiger partial charge in [0.15, 0.2) is 0 Å². The molecule has 32 heavy (non-hydrogen) atoms. The van der Waals surface area contributed by atoms with Gasteiger partial charge in [-0.25, -0.2) is 0 Å². The Bertz CT molecular complexity index is 1050. The van der Waals surface area contributed by atoms with E-state index in [1.165, 1.54) is 11.8 Å². The summed E-state index contributed by atoms with van der Waals surface area (Å²) in [6.07, 6.45) is 4.57. The Balaban J connectivity index is 1.43. The van der Waals surface area contributed by atoms with Crippen molar-refractivity contribution in [2.45, 2.75) is 25.7 Å². The maximum atomic E-state index is 12.7. The fourth-order valence-corrected chi connectivity index (χ4v) is 6.89. The normalized spacial score (nSPS) is 15.0. The Morgan fingerprint density at radius 3 is 2.41 bits per heavy atom. The minimum absolute atomic E-state index is 0.0507. The number of unbranched alkanes of at least 4 members (excludes halogenated alkanes) is 2. The number of anilines is 1. The summed E-state index contributed by atoms with van der Waals surface area (Å²) in [5, 5.41) is 3.58. The Morgan fingerprint density at radius 1 is 1.09 bits per heavy atom. The van der Waals surface area contributed by atoms with Crippen LogP contribution in [0.4, 0.5) is 5.69 Å². The first-order valence-electron chi connectivity index (χ1n) is 9.70. The van der Waals surface area contributed by atoms with Crippen LogP contribution in [0.25, 0.3) is 6.08 Å². The van der Waals surface area contributed by atoms with Gasteiger partial charge >= 0.3 is 0 Å². The van der Waals surface area contributed by atoms with Crippen LogP contribution in [0.5, 0.6) is 0 Å². The number of rotatable bonds is 8. The van der Waals surface area contributed by atoms with Crippen molar-refractivity contribution >= 4 is 111 Å². The lowest BCUT2D eigenvalue weighted by molar-refractivity contribution is -0.122. The highest BCUT2D eigenvalue weighted by Crippen LogP contribution is 2.35. The van der Waals surface area contributed by atoms with Crippen LogP contribution >= 0.6 is 83.4 Å². The van der Waals surface area contributed by atoms with E-state index >= 15 is 0 Å². The molecule has 3 rings (SSSR count).